The van der Waals surface area contributed by atoms with Gasteiger partial charge in [-0.05, 0) is 51.1 Å². The lowest BCUT2D eigenvalue weighted by atomic mass is 10.0. The van der Waals surface area contributed by atoms with E-state index in [1.807, 2.05) is 0 Å². The second-order valence-corrected chi connectivity index (χ2v) is 7.19. The summed E-state index contributed by atoms with van der Waals surface area (Å²) in [6, 6.07) is 6.60. The number of aldehydes is 1. The summed E-state index contributed by atoms with van der Waals surface area (Å²) in [7, 11) is 0. The summed E-state index contributed by atoms with van der Waals surface area (Å²) in [4.78, 5) is 24.3. The van der Waals surface area contributed by atoms with E-state index in [1.165, 1.54) is 6.07 Å². The van der Waals surface area contributed by atoms with Crippen LogP contribution in [0.15, 0.2) is 30.3 Å². The zero-order valence-electron chi connectivity index (χ0n) is 13.6. The topological polar surface area (TPSA) is 52.6 Å². The van der Waals surface area contributed by atoms with E-state index < -0.39 is 23.7 Å². The average molecular weight is 372 g/mol. The minimum Gasteiger partial charge on any atom is -0.456 e. The molecule has 4 nitrogen and oxygen atoms in total. The van der Waals surface area contributed by atoms with Crippen LogP contribution in [0, 0.1) is 0 Å². The molecular weight excluding hydrogens is 357 g/mol. The van der Waals surface area contributed by atoms with Gasteiger partial charge in [0.05, 0.1) is 10.4 Å². The van der Waals surface area contributed by atoms with Crippen LogP contribution >= 0.6 is 11.3 Å². The molecule has 0 N–H and O–H groups in total. The van der Waals surface area contributed by atoms with E-state index in [0.29, 0.717) is 21.6 Å². The Hall–Kier alpha value is -2.35. The van der Waals surface area contributed by atoms with Crippen molar-refractivity contribution in [2.75, 3.05) is 0 Å². The molecule has 0 saturated carbocycles. The summed E-state index contributed by atoms with van der Waals surface area (Å²) < 4.78 is 46.5. The third-order valence-corrected chi connectivity index (χ3v) is 3.90. The van der Waals surface area contributed by atoms with Crippen LogP contribution in [-0.2, 0) is 4.74 Å². The Kier molecular flexibility index (Phi) is 5.22. The molecule has 0 radical (unpaired) electrons. The standard InChI is InChI=1S/C17H15F3O4S/c1-16(2,3)24-15(22)13-8-10(23-17(18,19)20)4-6-12(13)14-7-5-11(9-21)25-14/h4-9H,1-3H3. The lowest BCUT2D eigenvalue weighted by Gasteiger charge is -2.21. The first-order chi connectivity index (χ1) is 11.5. The maximum atomic E-state index is 12.4. The lowest BCUT2D eigenvalue weighted by molar-refractivity contribution is -0.274. The second kappa shape index (κ2) is 6.87. The van der Waals surface area contributed by atoms with Gasteiger partial charge < -0.3 is 9.47 Å². The molecular formula is C17H15F3O4S. The smallest absolute Gasteiger partial charge is 0.456 e. The SMILES string of the molecule is CC(C)(C)OC(=O)c1cc(OC(F)(F)F)ccc1-c1ccc(C=O)s1. The van der Waals surface area contributed by atoms with Gasteiger partial charge in [-0.15, -0.1) is 24.5 Å². The summed E-state index contributed by atoms with van der Waals surface area (Å²) in [5, 5.41) is 0. The summed E-state index contributed by atoms with van der Waals surface area (Å²) in [6.07, 6.45) is -4.22. The maximum absolute atomic E-state index is 12.4. The highest BCUT2D eigenvalue weighted by Gasteiger charge is 2.32. The van der Waals surface area contributed by atoms with Crippen molar-refractivity contribution >= 4 is 23.6 Å². The van der Waals surface area contributed by atoms with Gasteiger partial charge in [0.25, 0.3) is 0 Å². The zero-order valence-corrected chi connectivity index (χ0v) is 14.5. The Morgan fingerprint density at radius 2 is 1.80 bits per heavy atom. The first-order valence-electron chi connectivity index (χ1n) is 7.17. The molecule has 0 fully saturated rings. The van der Waals surface area contributed by atoms with E-state index >= 15 is 0 Å². The van der Waals surface area contributed by atoms with Crippen LogP contribution < -0.4 is 4.74 Å². The second-order valence-electron chi connectivity index (χ2n) is 6.08. The van der Waals surface area contributed by atoms with E-state index in [4.69, 9.17) is 4.74 Å². The van der Waals surface area contributed by atoms with Crippen molar-refractivity contribution in [2.24, 2.45) is 0 Å². The van der Waals surface area contributed by atoms with Crippen molar-refractivity contribution in [1.82, 2.24) is 0 Å². The molecule has 0 aliphatic rings. The lowest BCUT2D eigenvalue weighted by Crippen LogP contribution is -2.24. The number of ether oxygens (including phenoxy) is 2. The van der Waals surface area contributed by atoms with Gasteiger partial charge in [-0.2, -0.15) is 0 Å². The highest BCUT2D eigenvalue weighted by molar-refractivity contribution is 7.17. The molecule has 0 unspecified atom stereocenters. The summed E-state index contributed by atoms with van der Waals surface area (Å²) in [5.74, 6) is -1.31. The molecule has 0 atom stereocenters. The van der Waals surface area contributed by atoms with Crippen LogP contribution in [0.3, 0.4) is 0 Å². The number of hydrogen-bond donors (Lipinski definition) is 0. The highest BCUT2D eigenvalue weighted by atomic mass is 32.1. The Morgan fingerprint density at radius 3 is 2.32 bits per heavy atom. The van der Waals surface area contributed by atoms with Gasteiger partial charge in [0.1, 0.15) is 11.4 Å². The highest BCUT2D eigenvalue weighted by Crippen LogP contribution is 2.34. The maximum Gasteiger partial charge on any atom is 0.573 e. The molecule has 0 saturated heterocycles. The Bertz CT molecular complexity index is 788. The van der Waals surface area contributed by atoms with Crippen LogP contribution in [0.5, 0.6) is 5.75 Å². The van der Waals surface area contributed by atoms with Gasteiger partial charge in [-0.1, -0.05) is 0 Å². The molecule has 0 bridgehead atoms. The monoisotopic (exact) mass is 372 g/mol. The third-order valence-electron chi connectivity index (χ3n) is 2.85. The fourth-order valence-electron chi connectivity index (χ4n) is 2.00. The van der Waals surface area contributed by atoms with Gasteiger partial charge in [0.2, 0.25) is 0 Å². The predicted octanol–water partition coefficient (Wildman–Crippen LogP) is 5.08. The van der Waals surface area contributed by atoms with Gasteiger partial charge in [-0.3, -0.25) is 4.79 Å². The molecule has 1 heterocycles. The summed E-state index contributed by atoms with van der Waals surface area (Å²) in [6.45, 7) is 4.95. The fourth-order valence-corrected chi connectivity index (χ4v) is 2.86. The minimum absolute atomic E-state index is 0.0732. The zero-order chi connectivity index (χ0) is 18.8. The molecule has 1 aromatic carbocycles. The molecule has 8 heteroatoms. The molecule has 134 valence electrons. The van der Waals surface area contributed by atoms with E-state index in [9.17, 15) is 22.8 Å². The molecule has 0 amide bonds. The summed E-state index contributed by atoms with van der Waals surface area (Å²) >= 11 is 1.12. The Labute approximate surface area is 146 Å². The van der Waals surface area contributed by atoms with Crippen molar-refractivity contribution < 1.29 is 32.2 Å². The Balaban J connectivity index is 2.50. The normalized spacial score (nSPS) is 11.9. The summed E-state index contributed by atoms with van der Waals surface area (Å²) in [5.41, 5.74) is -0.531. The number of carbonyl (C=O) groups is 2. The van der Waals surface area contributed by atoms with Crippen LogP contribution in [0.25, 0.3) is 10.4 Å². The van der Waals surface area contributed by atoms with Gasteiger partial charge in [-0.25, -0.2) is 4.79 Å². The molecule has 1 aromatic heterocycles. The van der Waals surface area contributed by atoms with Crippen molar-refractivity contribution in [2.45, 2.75) is 32.7 Å². The molecule has 0 aliphatic heterocycles. The molecule has 2 rings (SSSR count). The fraction of sp³-hybridized carbons (Fsp3) is 0.294. The molecule has 25 heavy (non-hydrogen) atoms. The third kappa shape index (κ3) is 5.32. The van der Waals surface area contributed by atoms with Crippen LogP contribution in [-0.4, -0.2) is 24.2 Å². The number of halogens is 3. The number of benzene rings is 1. The van der Waals surface area contributed by atoms with E-state index in [2.05, 4.69) is 4.74 Å². The first-order valence-corrected chi connectivity index (χ1v) is 7.99. The van der Waals surface area contributed by atoms with E-state index in [1.54, 1.807) is 32.9 Å². The van der Waals surface area contributed by atoms with E-state index in [0.717, 1.165) is 23.5 Å². The number of rotatable bonds is 4. The number of carbonyl (C=O) groups excluding carboxylic acids is 2. The van der Waals surface area contributed by atoms with Crippen molar-refractivity contribution in [1.29, 1.82) is 0 Å². The van der Waals surface area contributed by atoms with Gasteiger partial charge in [0.15, 0.2) is 6.29 Å². The Morgan fingerprint density at radius 1 is 1.12 bits per heavy atom. The first kappa shape index (κ1) is 19.0. The van der Waals surface area contributed by atoms with Crippen LogP contribution in [0.4, 0.5) is 13.2 Å². The van der Waals surface area contributed by atoms with Gasteiger partial charge in [0, 0.05) is 10.4 Å². The van der Waals surface area contributed by atoms with Crippen molar-refractivity contribution in [3.8, 4) is 16.2 Å². The van der Waals surface area contributed by atoms with Gasteiger partial charge >= 0.3 is 12.3 Å². The molecule has 0 spiro atoms. The van der Waals surface area contributed by atoms with Crippen molar-refractivity contribution in [3.05, 3.63) is 40.8 Å². The number of alkyl halides is 3. The minimum atomic E-state index is -4.87. The van der Waals surface area contributed by atoms with E-state index in [-0.39, 0.29) is 5.56 Å². The molecule has 0 aliphatic carbocycles. The number of hydrogen-bond acceptors (Lipinski definition) is 5. The quantitative estimate of drug-likeness (QED) is 0.555. The van der Waals surface area contributed by atoms with Crippen LogP contribution in [0.1, 0.15) is 40.8 Å². The molecule has 2 aromatic rings. The van der Waals surface area contributed by atoms with Crippen LogP contribution in [0.2, 0.25) is 0 Å². The predicted molar refractivity (Wildman–Crippen MR) is 87.0 cm³/mol. The van der Waals surface area contributed by atoms with Crippen molar-refractivity contribution in [3.63, 3.8) is 0 Å². The largest absolute Gasteiger partial charge is 0.573 e. The number of thiophene rings is 1. The average Bonchev–Trinajstić information content (AvgIpc) is 2.92. The number of esters is 1.